The fraction of sp³-hybridized carbons (Fsp3) is 0.273. The summed E-state index contributed by atoms with van der Waals surface area (Å²) in [5, 5.41) is 10.4. The lowest BCUT2D eigenvalue weighted by atomic mass is 10.2. The van der Waals surface area contributed by atoms with Crippen LogP contribution in [0.5, 0.6) is 5.75 Å². The van der Waals surface area contributed by atoms with Gasteiger partial charge in [-0.05, 0) is 30.2 Å². The molecule has 0 spiro atoms. The van der Waals surface area contributed by atoms with Crippen LogP contribution in [-0.2, 0) is 4.79 Å². The minimum Gasteiger partial charge on any atom is -0.486 e. The molecular formula is C11H9Cl2NO5. The number of aldehydes is 1. The molecule has 1 aromatic rings. The molecule has 0 aliphatic heterocycles. The quantitative estimate of drug-likeness (QED) is 0.254. The van der Waals surface area contributed by atoms with Crippen LogP contribution in [-0.4, -0.2) is 23.1 Å². The molecule has 0 heterocycles. The lowest BCUT2D eigenvalue weighted by molar-refractivity contribution is -0.386. The summed E-state index contributed by atoms with van der Waals surface area (Å²) in [4.78, 5) is 31.5. The second kappa shape index (κ2) is 7.06. The number of ether oxygens (including phenoxy) is 1. The van der Waals surface area contributed by atoms with Crippen molar-refractivity contribution in [2.75, 3.05) is 6.61 Å². The smallest absolute Gasteiger partial charge is 0.322 e. The van der Waals surface area contributed by atoms with Gasteiger partial charge < -0.3 is 4.74 Å². The summed E-state index contributed by atoms with van der Waals surface area (Å²) in [5.41, 5.74) is -0.613. The average Bonchev–Trinajstić information content (AvgIpc) is 2.35. The molecule has 0 aliphatic carbocycles. The lowest BCUT2D eigenvalue weighted by Crippen LogP contribution is -2.04. The van der Waals surface area contributed by atoms with Gasteiger partial charge in [0.05, 0.1) is 22.1 Å². The predicted molar refractivity (Wildman–Crippen MR) is 69.1 cm³/mol. The highest BCUT2D eigenvalue weighted by atomic mass is 35.5. The molecule has 0 N–H and O–H groups in total. The zero-order chi connectivity index (χ0) is 14.4. The van der Waals surface area contributed by atoms with E-state index in [1.54, 1.807) is 0 Å². The Kier molecular flexibility index (Phi) is 5.72. The van der Waals surface area contributed by atoms with E-state index in [-0.39, 0.29) is 29.4 Å². The normalized spacial score (nSPS) is 10.0. The van der Waals surface area contributed by atoms with E-state index in [1.165, 1.54) is 12.1 Å². The van der Waals surface area contributed by atoms with Crippen LogP contribution in [0, 0.1) is 10.1 Å². The molecule has 0 amide bonds. The fourth-order valence-electron chi connectivity index (χ4n) is 1.37. The Morgan fingerprint density at radius 2 is 2.16 bits per heavy atom. The molecule has 8 heteroatoms. The highest BCUT2D eigenvalue weighted by Gasteiger charge is 2.24. The molecule has 0 aliphatic rings. The van der Waals surface area contributed by atoms with Crippen molar-refractivity contribution in [1.29, 1.82) is 0 Å². The Balaban J connectivity index is 2.94. The van der Waals surface area contributed by atoms with Crippen molar-refractivity contribution in [1.82, 2.24) is 0 Å². The molecule has 6 nitrogen and oxygen atoms in total. The molecule has 0 fully saturated rings. The second-order valence-corrected chi connectivity index (χ2v) is 4.33. The third-order valence-electron chi connectivity index (χ3n) is 2.19. The SMILES string of the molecule is O=Cc1ccc(Cl)c(OCCCC(=O)Cl)c1[N+](=O)[O-]. The van der Waals surface area contributed by atoms with Gasteiger partial charge in [-0.3, -0.25) is 19.7 Å². The van der Waals surface area contributed by atoms with Crippen LogP contribution < -0.4 is 4.74 Å². The first kappa shape index (κ1) is 15.4. The number of hydrogen-bond acceptors (Lipinski definition) is 5. The largest absolute Gasteiger partial charge is 0.486 e. The maximum Gasteiger partial charge on any atom is 0.322 e. The standard InChI is InChI=1S/C11H9Cl2NO5/c12-8-4-3-7(6-15)10(14(17)18)11(8)19-5-1-2-9(13)16/h3-4,6H,1-2,5H2. The number of hydrogen-bond donors (Lipinski definition) is 0. The van der Waals surface area contributed by atoms with Gasteiger partial charge in [-0.25, -0.2) is 0 Å². The first-order chi connectivity index (χ1) is 8.97. The Hall–Kier alpha value is -1.66. The number of halogens is 2. The van der Waals surface area contributed by atoms with Crippen molar-refractivity contribution in [3.05, 3.63) is 32.8 Å². The van der Waals surface area contributed by atoms with Crippen LogP contribution in [0.25, 0.3) is 0 Å². The maximum atomic E-state index is 10.9. The number of carbonyl (C=O) groups is 2. The molecule has 1 rings (SSSR count). The van der Waals surface area contributed by atoms with Crippen LogP contribution in [0.1, 0.15) is 23.2 Å². The summed E-state index contributed by atoms with van der Waals surface area (Å²) < 4.78 is 5.18. The fourth-order valence-corrected chi connectivity index (χ4v) is 1.71. The summed E-state index contributed by atoms with van der Waals surface area (Å²) in [5.74, 6) is -0.182. The van der Waals surface area contributed by atoms with Gasteiger partial charge in [0.1, 0.15) is 0 Å². The Morgan fingerprint density at radius 1 is 1.47 bits per heavy atom. The van der Waals surface area contributed by atoms with Crippen LogP contribution >= 0.6 is 23.2 Å². The molecule has 0 radical (unpaired) electrons. The minimum atomic E-state index is -0.738. The topological polar surface area (TPSA) is 86.5 Å². The molecule has 1 aromatic carbocycles. The van der Waals surface area contributed by atoms with E-state index in [4.69, 9.17) is 27.9 Å². The first-order valence-corrected chi connectivity index (χ1v) is 5.96. The second-order valence-electron chi connectivity index (χ2n) is 3.50. The molecule has 0 unspecified atom stereocenters. The average molecular weight is 306 g/mol. The van der Waals surface area contributed by atoms with E-state index in [1.807, 2.05) is 0 Å². The molecule has 0 aromatic heterocycles. The Bertz CT molecular complexity index is 518. The summed E-state index contributed by atoms with van der Waals surface area (Å²) in [6, 6.07) is 2.57. The zero-order valence-electron chi connectivity index (χ0n) is 9.60. The molecule has 0 atom stereocenters. The monoisotopic (exact) mass is 305 g/mol. The van der Waals surface area contributed by atoms with Crippen molar-refractivity contribution < 1.29 is 19.2 Å². The Morgan fingerprint density at radius 3 is 2.68 bits per heavy atom. The summed E-state index contributed by atoms with van der Waals surface area (Å²) in [6.07, 6.45) is 0.727. The van der Waals surface area contributed by atoms with Crippen LogP contribution in [0.15, 0.2) is 12.1 Å². The van der Waals surface area contributed by atoms with E-state index in [0.717, 1.165) is 0 Å². The highest BCUT2D eigenvalue weighted by Crippen LogP contribution is 2.37. The van der Waals surface area contributed by atoms with Gasteiger partial charge in [0.25, 0.3) is 0 Å². The minimum absolute atomic E-state index is 0.0227. The van der Waals surface area contributed by atoms with Gasteiger partial charge >= 0.3 is 5.69 Å². The molecular weight excluding hydrogens is 297 g/mol. The van der Waals surface area contributed by atoms with Gasteiger partial charge in [0.2, 0.25) is 11.0 Å². The Labute approximate surface area is 118 Å². The van der Waals surface area contributed by atoms with Gasteiger partial charge in [-0.15, -0.1) is 0 Å². The summed E-state index contributed by atoms with van der Waals surface area (Å²) in [7, 11) is 0. The summed E-state index contributed by atoms with van der Waals surface area (Å²) in [6.45, 7) is 0.0291. The summed E-state index contributed by atoms with van der Waals surface area (Å²) >= 11 is 11.0. The van der Waals surface area contributed by atoms with E-state index in [2.05, 4.69) is 0 Å². The van der Waals surface area contributed by atoms with Gasteiger partial charge in [-0.2, -0.15) is 0 Å². The number of nitro groups is 1. The van der Waals surface area contributed by atoms with Crippen LogP contribution in [0.3, 0.4) is 0 Å². The molecule has 0 bridgehead atoms. The molecule has 19 heavy (non-hydrogen) atoms. The number of nitro benzene ring substituents is 1. The lowest BCUT2D eigenvalue weighted by Gasteiger charge is -2.08. The van der Waals surface area contributed by atoms with E-state index in [0.29, 0.717) is 12.7 Å². The zero-order valence-corrected chi connectivity index (χ0v) is 11.1. The number of nitrogens with zero attached hydrogens (tertiary/aromatic N) is 1. The van der Waals surface area contributed by atoms with Gasteiger partial charge in [0, 0.05) is 6.42 Å². The van der Waals surface area contributed by atoms with E-state index in [9.17, 15) is 19.7 Å². The first-order valence-electron chi connectivity index (χ1n) is 5.20. The molecule has 0 saturated heterocycles. The van der Waals surface area contributed by atoms with Crippen LogP contribution in [0.4, 0.5) is 5.69 Å². The van der Waals surface area contributed by atoms with Gasteiger partial charge in [-0.1, -0.05) is 11.6 Å². The van der Waals surface area contributed by atoms with E-state index >= 15 is 0 Å². The van der Waals surface area contributed by atoms with Gasteiger partial charge in [0.15, 0.2) is 6.29 Å². The number of carbonyl (C=O) groups excluding carboxylic acids is 2. The third kappa shape index (κ3) is 4.18. The predicted octanol–water partition coefficient (Wildman–Crippen LogP) is 2.99. The van der Waals surface area contributed by atoms with E-state index < -0.39 is 15.9 Å². The third-order valence-corrected chi connectivity index (χ3v) is 2.67. The number of benzene rings is 1. The van der Waals surface area contributed by atoms with Crippen LogP contribution in [0.2, 0.25) is 5.02 Å². The molecule has 102 valence electrons. The maximum absolute atomic E-state index is 10.9. The number of rotatable bonds is 7. The van der Waals surface area contributed by atoms with Crippen molar-refractivity contribution in [3.63, 3.8) is 0 Å². The van der Waals surface area contributed by atoms with Crippen molar-refractivity contribution in [2.45, 2.75) is 12.8 Å². The van der Waals surface area contributed by atoms with Crippen molar-refractivity contribution in [2.24, 2.45) is 0 Å². The highest BCUT2D eigenvalue weighted by molar-refractivity contribution is 6.63. The van der Waals surface area contributed by atoms with Crippen molar-refractivity contribution in [3.8, 4) is 5.75 Å². The molecule has 0 saturated carbocycles. The van der Waals surface area contributed by atoms with Crippen molar-refractivity contribution >= 4 is 40.4 Å².